The van der Waals surface area contributed by atoms with E-state index in [2.05, 4.69) is 0 Å². The maximum Gasteiger partial charge on any atom is 0.324 e. The molecule has 1 heterocycles. The van der Waals surface area contributed by atoms with Crippen LogP contribution in [0.3, 0.4) is 0 Å². The zero-order chi connectivity index (χ0) is 12.0. The zero-order valence-corrected chi connectivity index (χ0v) is 10.2. The van der Waals surface area contributed by atoms with E-state index in [1.807, 2.05) is 0 Å². The van der Waals surface area contributed by atoms with Crippen LogP contribution in [0.1, 0.15) is 39.0 Å². The van der Waals surface area contributed by atoms with Crippen molar-refractivity contribution in [1.29, 1.82) is 0 Å². The molecular formula is C10H17NO4S. The van der Waals surface area contributed by atoms with Crippen LogP contribution in [0.25, 0.3) is 0 Å². The van der Waals surface area contributed by atoms with Crippen molar-refractivity contribution in [3.05, 3.63) is 0 Å². The van der Waals surface area contributed by atoms with Crippen LogP contribution in [0.5, 0.6) is 0 Å². The van der Waals surface area contributed by atoms with Crippen LogP contribution in [0.4, 0.5) is 0 Å². The van der Waals surface area contributed by atoms with Crippen molar-refractivity contribution in [2.24, 2.45) is 0 Å². The quantitative estimate of drug-likeness (QED) is 0.800. The van der Waals surface area contributed by atoms with Gasteiger partial charge in [0.05, 0.1) is 5.25 Å². The Morgan fingerprint density at radius 3 is 2.44 bits per heavy atom. The number of carboxylic acids is 1. The van der Waals surface area contributed by atoms with E-state index < -0.39 is 21.5 Å². The van der Waals surface area contributed by atoms with E-state index >= 15 is 0 Å². The summed E-state index contributed by atoms with van der Waals surface area (Å²) >= 11 is 0. The molecule has 1 aliphatic heterocycles. The van der Waals surface area contributed by atoms with Gasteiger partial charge in [-0.2, -0.15) is 4.31 Å². The fourth-order valence-electron chi connectivity index (χ4n) is 2.41. The number of aliphatic carboxylic acids is 1. The zero-order valence-electron chi connectivity index (χ0n) is 9.35. The summed E-state index contributed by atoms with van der Waals surface area (Å²) in [5.41, 5.74) is -1.23. The summed E-state index contributed by atoms with van der Waals surface area (Å²) in [6.45, 7) is 1.86. The highest BCUT2D eigenvalue weighted by Gasteiger charge is 2.52. The first kappa shape index (κ1) is 11.9. The van der Waals surface area contributed by atoms with Crippen LogP contribution >= 0.6 is 0 Å². The van der Waals surface area contributed by atoms with Crippen molar-refractivity contribution in [2.75, 3.05) is 6.54 Å². The first-order chi connectivity index (χ1) is 7.39. The lowest BCUT2D eigenvalue weighted by molar-refractivity contribution is -0.146. The SMILES string of the molecule is CC1(C(=O)O)CCCN1S(=O)(=O)C1CCC1. The van der Waals surface area contributed by atoms with Gasteiger partial charge >= 0.3 is 5.97 Å². The third-order valence-corrected chi connectivity index (χ3v) is 6.33. The summed E-state index contributed by atoms with van der Waals surface area (Å²) in [6, 6.07) is 0. The predicted molar refractivity (Wildman–Crippen MR) is 58.5 cm³/mol. The lowest BCUT2D eigenvalue weighted by Crippen LogP contribution is -2.54. The second kappa shape index (κ2) is 3.70. The van der Waals surface area contributed by atoms with Crippen LogP contribution in [-0.4, -0.2) is 41.1 Å². The topological polar surface area (TPSA) is 74.7 Å². The van der Waals surface area contributed by atoms with E-state index in [1.165, 1.54) is 11.2 Å². The average Bonchev–Trinajstić information content (AvgIpc) is 2.44. The van der Waals surface area contributed by atoms with Gasteiger partial charge in [0.1, 0.15) is 5.54 Å². The highest BCUT2D eigenvalue weighted by atomic mass is 32.2. The third kappa shape index (κ3) is 1.55. The van der Waals surface area contributed by atoms with E-state index in [9.17, 15) is 18.3 Å². The van der Waals surface area contributed by atoms with Gasteiger partial charge in [0, 0.05) is 6.54 Å². The Bertz CT molecular complexity index is 401. The highest BCUT2D eigenvalue weighted by molar-refractivity contribution is 7.89. The number of hydrogen-bond donors (Lipinski definition) is 1. The first-order valence-corrected chi connectivity index (χ1v) is 7.14. The molecular weight excluding hydrogens is 230 g/mol. The lowest BCUT2D eigenvalue weighted by Gasteiger charge is -2.36. The van der Waals surface area contributed by atoms with E-state index in [4.69, 9.17) is 0 Å². The van der Waals surface area contributed by atoms with Gasteiger partial charge < -0.3 is 5.11 Å². The molecule has 0 aromatic rings. The van der Waals surface area contributed by atoms with Crippen molar-refractivity contribution < 1.29 is 18.3 Å². The smallest absolute Gasteiger partial charge is 0.324 e. The molecule has 1 saturated carbocycles. The van der Waals surface area contributed by atoms with Crippen molar-refractivity contribution in [3.8, 4) is 0 Å². The highest BCUT2D eigenvalue weighted by Crippen LogP contribution is 2.37. The van der Waals surface area contributed by atoms with Crippen molar-refractivity contribution >= 4 is 16.0 Å². The second-order valence-electron chi connectivity index (χ2n) is 4.85. The van der Waals surface area contributed by atoms with Crippen molar-refractivity contribution in [3.63, 3.8) is 0 Å². The van der Waals surface area contributed by atoms with Gasteiger partial charge in [-0.15, -0.1) is 0 Å². The summed E-state index contributed by atoms with van der Waals surface area (Å²) in [6.07, 6.45) is 3.33. The van der Waals surface area contributed by atoms with Crippen molar-refractivity contribution in [2.45, 2.75) is 49.8 Å². The molecule has 0 spiro atoms. The van der Waals surface area contributed by atoms with Gasteiger partial charge in [-0.1, -0.05) is 6.42 Å². The molecule has 1 unspecified atom stereocenters. The fraction of sp³-hybridized carbons (Fsp3) is 0.900. The molecule has 5 nitrogen and oxygen atoms in total. The van der Waals surface area contributed by atoms with Gasteiger partial charge in [-0.05, 0) is 32.6 Å². The Morgan fingerprint density at radius 1 is 1.38 bits per heavy atom. The van der Waals surface area contributed by atoms with Crippen LogP contribution in [0.15, 0.2) is 0 Å². The molecule has 6 heteroatoms. The van der Waals surface area contributed by atoms with Crippen molar-refractivity contribution in [1.82, 2.24) is 4.31 Å². The van der Waals surface area contributed by atoms with Gasteiger partial charge in [-0.3, -0.25) is 4.79 Å². The van der Waals surface area contributed by atoms with E-state index in [1.54, 1.807) is 0 Å². The number of hydrogen-bond acceptors (Lipinski definition) is 3. The van der Waals surface area contributed by atoms with Gasteiger partial charge in [0.2, 0.25) is 10.0 Å². The Morgan fingerprint density at radius 2 is 2.00 bits per heavy atom. The van der Waals surface area contributed by atoms with Gasteiger partial charge in [0.25, 0.3) is 0 Å². The molecule has 0 radical (unpaired) electrons. The van der Waals surface area contributed by atoms with Crippen LogP contribution in [0.2, 0.25) is 0 Å². The molecule has 2 aliphatic rings. The molecule has 1 aliphatic carbocycles. The molecule has 2 fully saturated rings. The molecule has 2 rings (SSSR count). The summed E-state index contributed by atoms with van der Waals surface area (Å²) < 4.78 is 25.6. The molecule has 92 valence electrons. The van der Waals surface area contributed by atoms with E-state index in [0.29, 0.717) is 32.2 Å². The summed E-state index contributed by atoms with van der Waals surface area (Å²) in [7, 11) is -3.40. The molecule has 1 saturated heterocycles. The lowest BCUT2D eigenvalue weighted by atomic mass is 10.00. The molecule has 0 bridgehead atoms. The number of carbonyl (C=O) groups is 1. The predicted octanol–water partition coefficient (Wildman–Crippen LogP) is 0.808. The Balaban J connectivity index is 2.29. The summed E-state index contributed by atoms with van der Waals surface area (Å²) in [5, 5.41) is 8.83. The summed E-state index contributed by atoms with van der Waals surface area (Å²) in [4.78, 5) is 11.2. The molecule has 0 aromatic heterocycles. The Labute approximate surface area is 95.5 Å². The number of nitrogens with zero attached hydrogens (tertiary/aromatic N) is 1. The standard InChI is InChI=1S/C10H17NO4S/c1-10(9(12)13)6-3-7-11(10)16(14,15)8-4-2-5-8/h8H,2-7H2,1H3,(H,12,13). The number of sulfonamides is 1. The monoisotopic (exact) mass is 247 g/mol. The minimum atomic E-state index is -3.40. The second-order valence-corrected chi connectivity index (χ2v) is 6.99. The third-order valence-electron chi connectivity index (χ3n) is 3.82. The van der Waals surface area contributed by atoms with Crippen LogP contribution < -0.4 is 0 Å². The molecule has 16 heavy (non-hydrogen) atoms. The molecule has 0 aromatic carbocycles. The van der Waals surface area contributed by atoms with E-state index in [-0.39, 0.29) is 5.25 Å². The number of rotatable bonds is 3. The maximum atomic E-state index is 12.2. The maximum absolute atomic E-state index is 12.2. The summed E-state index contributed by atoms with van der Waals surface area (Å²) in [5.74, 6) is -1.03. The van der Waals surface area contributed by atoms with Gasteiger partial charge in [-0.25, -0.2) is 8.42 Å². The molecule has 0 amide bonds. The minimum Gasteiger partial charge on any atom is -0.480 e. The minimum absolute atomic E-state index is 0.343. The molecule has 1 N–H and O–H groups in total. The Kier molecular flexibility index (Phi) is 2.74. The van der Waals surface area contributed by atoms with Crippen LogP contribution in [-0.2, 0) is 14.8 Å². The Hall–Kier alpha value is -0.620. The van der Waals surface area contributed by atoms with Gasteiger partial charge in [0.15, 0.2) is 0 Å². The van der Waals surface area contributed by atoms with Crippen LogP contribution in [0, 0.1) is 0 Å². The fourth-order valence-corrected chi connectivity index (χ4v) is 4.81. The largest absolute Gasteiger partial charge is 0.480 e. The normalized spacial score (nSPS) is 32.6. The number of carboxylic acid groups (broad SMARTS) is 1. The van der Waals surface area contributed by atoms with E-state index in [0.717, 1.165) is 6.42 Å². The first-order valence-electron chi connectivity index (χ1n) is 5.64. The average molecular weight is 247 g/mol. The molecule has 1 atom stereocenters.